The Labute approximate surface area is 104 Å². The molecule has 2 rings (SSSR count). The average Bonchev–Trinajstić information content (AvgIpc) is 2.46. The van der Waals surface area contributed by atoms with E-state index in [4.69, 9.17) is 4.74 Å². The first kappa shape index (κ1) is 10.6. The van der Waals surface area contributed by atoms with Gasteiger partial charge in [-0.05, 0) is 51.5 Å². The lowest BCUT2D eigenvalue weighted by molar-refractivity contribution is 0.171. The van der Waals surface area contributed by atoms with Crippen molar-refractivity contribution in [1.82, 2.24) is 4.98 Å². The normalized spacial score (nSPS) is 24.6. The number of nitrogens with zero attached hydrogens (tertiary/aromatic N) is 1. The SMILES string of the molecule is C[C@]1(CO)COc2c1cc(I)nc2Br. The second kappa shape index (κ2) is 3.61. The van der Waals surface area contributed by atoms with Crippen molar-refractivity contribution in [2.24, 2.45) is 0 Å². The van der Waals surface area contributed by atoms with E-state index >= 15 is 0 Å². The molecule has 1 aliphatic heterocycles. The third-order valence-corrected chi connectivity index (χ3v) is 3.52. The summed E-state index contributed by atoms with van der Waals surface area (Å²) in [5, 5.41) is 9.34. The quantitative estimate of drug-likeness (QED) is 0.608. The summed E-state index contributed by atoms with van der Waals surface area (Å²) in [7, 11) is 0. The van der Waals surface area contributed by atoms with Crippen molar-refractivity contribution in [2.45, 2.75) is 12.3 Å². The summed E-state index contributed by atoms with van der Waals surface area (Å²) in [6, 6.07) is 1.96. The van der Waals surface area contributed by atoms with Crippen molar-refractivity contribution in [3.8, 4) is 5.75 Å². The van der Waals surface area contributed by atoms with Crippen LogP contribution in [0.2, 0.25) is 0 Å². The summed E-state index contributed by atoms with van der Waals surface area (Å²) < 4.78 is 7.14. The van der Waals surface area contributed by atoms with Crippen LogP contribution in [0.5, 0.6) is 5.75 Å². The molecule has 1 N–H and O–H groups in total. The van der Waals surface area contributed by atoms with E-state index in [-0.39, 0.29) is 12.0 Å². The molecule has 0 saturated carbocycles. The van der Waals surface area contributed by atoms with Gasteiger partial charge in [0.15, 0.2) is 5.75 Å². The zero-order chi connectivity index (χ0) is 10.3. The molecule has 2 heterocycles. The molecular formula is C9H9BrINO2. The Hall–Kier alpha value is 0.120. The summed E-state index contributed by atoms with van der Waals surface area (Å²) in [6.45, 7) is 2.59. The number of ether oxygens (including phenoxy) is 1. The maximum atomic E-state index is 9.34. The minimum Gasteiger partial charge on any atom is -0.489 e. The molecule has 0 unspecified atom stereocenters. The van der Waals surface area contributed by atoms with E-state index in [2.05, 4.69) is 43.5 Å². The third-order valence-electron chi connectivity index (χ3n) is 2.43. The largest absolute Gasteiger partial charge is 0.489 e. The van der Waals surface area contributed by atoms with E-state index in [0.29, 0.717) is 6.61 Å². The summed E-state index contributed by atoms with van der Waals surface area (Å²) in [5.74, 6) is 0.766. The fraction of sp³-hybridized carbons (Fsp3) is 0.444. The molecule has 5 heteroatoms. The molecule has 1 aliphatic rings. The second-order valence-corrected chi connectivity index (χ2v) is 5.48. The van der Waals surface area contributed by atoms with Crippen molar-refractivity contribution in [3.05, 3.63) is 19.9 Å². The monoisotopic (exact) mass is 369 g/mol. The molecule has 14 heavy (non-hydrogen) atoms. The van der Waals surface area contributed by atoms with Crippen LogP contribution in [0.3, 0.4) is 0 Å². The molecule has 0 aromatic carbocycles. The minimum atomic E-state index is -0.291. The van der Waals surface area contributed by atoms with Crippen molar-refractivity contribution < 1.29 is 9.84 Å². The van der Waals surface area contributed by atoms with Crippen LogP contribution in [0, 0.1) is 3.70 Å². The van der Waals surface area contributed by atoms with Gasteiger partial charge in [0.1, 0.15) is 14.9 Å². The number of hydrogen-bond acceptors (Lipinski definition) is 3. The van der Waals surface area contributed by atoms with E-state index in [1.54, 1.807) is 0 Å². The summed E-state index contributed by atoms with van der Waals surface area (Å²) in [6.07, 6.45) is 0. The smallest absolute Gasteiger partial charge is 0.156 e. The lowest BCUT2D eigenvalue weighted by atomic mass is 9.86. The van der Waals surface area contributed by atoms with Gasteiger partial charge in [0.2, 0.25) is 0 Å². The van der Waals surface area contributed by atoms with Gasteiger partial charge in [-0.1, -0.05) is 0 Å². The Morgan fingerprint density at radius 3 is 3.14 bits per heavy atom. The third kappa shape index (κ3) is 1.55. The lowest BCUT2D eigenvalue weighted by Crippen LogP contribution is -2.28. The molecule has 1 aromatic heterocycles. The van der Waals surface area contributed by atoms with Crippen molar-refractivity contribution in [2.75, 3.05) is 13.2 Å². The van der Waals surface area contributed by atoms with Gasteiger partial charge in [-0.25, -0.2) is 4.98 Å². The van der Waals surface area contributed by atoms with Crippen LogP contribution in [0.15, 0.2) is 10.7 Å². The number of rotatable bonds is 1. The fourth-order valence-electron chi connectivity index (χ4n) is 1.50. The number of pyridine rings is 1. The van der Waals surface area contributed by atoms with Gasteiger partial charge >= 0.3 is 0 Å². The van der Waals surface area contributed by atoms with Crippen molar-refractivity contribution in [1.29, 1.82) is 0 Å². The topological polar surface area (TPSA) is 42.4 Å². The first-order valence-corrected chi connectivity index (χ1v) is 6.04. The van der Waals surface area contributed by atoms with E-state index in [1.807, 2.05) is 13.0 Å². The molecule has 1 atom stereocenters. The molecule has 0 fully saturated rings. The van der Waals surface area contributed by atoms with Crippen LogP contribution in [-0.4, -0.2) is 23.3 Å². The molecule has 0 bridgehead atoms. The highest BCUT2D eigenvalue weighted by atomic mass is 127. The van der Waals surface area contributed by atoms with Crippen LogP contribution in [0.25, 0.3) is 0 Å². The van der Waals surface area contributed by atoms with Gasteiger partial charge in [-0.15, -0.1) is 0 Å². The molecule has 0 radical (unpaired) electrons. The highest BCUT2D eigenvalue weighted by Gasteiger charge is 2.37. The number of halogens is 2. The minimum absolute atomic E-state index is 0.0898. The fourth-order valence-corrected chi connectivity index (χ4v) is 2.90. The van der Waals surface area contributed by atoms with Crippen molar-refractivity contribution >= 4 is 38.5 Å². The number of fused-ring (bicyclic) bond motifs is 1. The second-order valence-electron chi connectivity index (χ2n) is 3.62. The lowest BCUT2D eigenvalue weighted by Gasteiger charge is -2.18. The molecular weight excluding hydrogens is 361 g/mol. The van der Waals surface area contributed by atoms with Gasteiger partial charge in [-0.3, -0.25) is 0 Å². The molecule has 0 saturated heterocycles. The summed E-state index contributed by atoms with van der Waals surface area (Å²) in [5.41, 5.74) is 0.743. The summed E-state index contributed by atoms with van der Waals surface area (Å²) in [4.78, 5) is 4.24. The van der Waals surface area contributed by atoms with Gasteiger partial charge < -0.3 is 9.84 Å². The van der Waals surface area contributed by atoms with Gasteiger partial charge in [0, 0.05) is 5.56 Å². The Balaban J connectivity index is 2.60. The van der Waals surface area contributed by atoms with Crippen LogP contribution in [0.4, 0.5) is 0 Å². The van der Waals surface area contributed by atoms with E-state index in [9.17, 15) is 5.11 Å². The summed E-state index contributed by atoms with van der Waals surface area (Å²) >= 11 is 5.51. The first-order valence-electron chi connectivity index (χ1n) is 4.17. The Kier molecular flexibility index (Phi) is 2.74. The number of aliphatic hydroxyl groups is 1. The molecule has 76 valence electrons. The molecule has 0 aliphatic carbocycles. The predicted octanol–water partition coefficient (Wildman–Crippen LogP) is 2.09. The number of aliphatic hydroxyl groups excluding tert-OH is 1. The van der Waals surface area contributed by atoms with Crippen LogP contribution in [-0.2, 0) is 5.41 Å². The van der Waals surface area contributed by atoms with Gasteiger partial charge in [0.25, 0.3) is 0 Å². The molecule has 3 nitrogen and oxygen atoms in total. The van der Waals surface area contributed by atoms with Crippen LogP contribution in [0.1, 0.15) is 12.5 Å². The Bertz CT molecular complexity index is 385. The molecule has 0 spiro atoms. The van der Waals surface area contributed by atoms with E-state index in [0.717, 1.165) is 19.6 Å². The van der Waals surface area contributed by atoms with Gasteiger partial charge in [-0.2, -0.15) is 0 Å². The molecule has 1 aromatic rings. The van der Waals surface area contributed by atoms with Crippen LogP contribution < -0.4 is 4.74 Å². The van der Waals surface area contributed by atoms with E-state index in [1.165, 1.54) is 0 Å². The maximum Gasteiger partial charge on any atom is 0.156 e. The van der Waals surface area contributed by atoms with Gasteiger partial charge in [0.05, 0.1) is 12.0 Å². The Morgan fingerprint density at radius 1 is 1.79 bits per heavy atom. The standard InChI is InChI=1S/C9H9BrINO2/c1-9(3-13)4-14-7-5(9)2-6(11)12-8(7)10/h2,13H,3-4H2,1H3/t9-/m0/s1. The maximum absolute atomic E-state index is 9.34. The zero-order valence-corrected chi connectivity index (χ0v) is 11.3. The number of aromatic nitrogens is 1. The highest BCUT2D eigenvalue weighted by molar-refractivity contribution is 14.1. The molecule has 0 amide bonds. The number of hydrogen-bond donors (Lipinski definition) is 1. The average molecular weight is 370 g/mol. The zero-order valence-electron chi connectivity index (χ0n) is 7.55. The highest BCUT2D eigenvalue weighted by Crippen LogP contribution is 2.42. The van der Waals surface area contributed by atoms with E-state index < -0.39 is 0 Å². The van der Waals surface area contributed by atoms with Crippen molar-refractivity contribution in [3.63, 3.8) is 0 Å². The predicted molar refractivity (Wildman–Crippen MR) is 64.6 cm³/mol. The van der Waals surface area contributed by atoms with Crippen LogP contribution >= 0.6 is 38.5 Å². The Morgan fingerprint density at radius 2 is 2.50 bits per heavy atom. The first-order chi connectivity index (χ1) is 6.57.